The molecular weight excluding hydrogens is 247 g/mol. The lowest BCUT2D eigenvalue weighted by atomic mass is 10.1. The van der Waals surface area contributed by atoms with Gasteiger partial charge in [0.2, 0.25) is 0 Å². The average molecular weight is 262 g/mol. The number of carboxylic acids is 1. The van der Waals surface area contributed by atoms with Gasteiger partial charge in [0, 0.05) is 17.8 Å². The molecule has 2 aromatic rings. The van der Waals surface area contributed by atoms with Crippen molar-refractivity contribution in [3.8, 4) is 11.3 Å². The van der Waals surface area contributed by atoms with E-state index in [-0.39, 0.29) is 17.4 Å². The Balaban J connectivity index is 2.51. The predicted molar refractivity (Wildman–Crippen MR) is 69.6 cm³/mol. The maximum absolute atomic E-state index is 12.9. The van der Waals surface area contributed by atoms with Gasteiger partial charge in [0.25, 0.3) is 0 Å². The molecule has 5 heteroatoms. The van der Waals surface area contributed by atoms with Crippen molar-refractivity contribution >= 4 is 5.97 Å². The highest BCUT2D eigenvalue weighted by Crippen LogP contribution is 2.24. The molecule has 1 N–H and O–H groups in total. The van der Waals surface area contributed by atoms with Crippen LogP contribution in [0.2, 0.25) is 0 Å². The van der Waals surface area contributed by atoms with Gasteiger partial charge in [-0.2, -0.15) is 5.10 Å². The molecule has 1 heterocycles. The van der Waals surface area contributed by atoms with Crippen molar-refractivity contribution in [2.24, 2.45) is 0 Å². The summed E-state index contributed by atoms with van der Waals surface area (Å²) in [6.45, 7) is 3.97. The minimum absolute atomic E-state index is 0.118. The van der Waals surface area contributed by atoms with E-state index >= 15 is 0 Å². The molecule has 1 aromatic carbocycles. The number of carboxylic acid groups (broad SMARTS) is 1. The van der Waals surface area contributed by atoms with E-state index in [1.54, 1.807) is 4.68 Å². The number of hydrogen-bond donors (Lipinski definition) is 1. The summed E-state index contributed by atoms with van der Waals surface area (Å²) >= 11 is 0. The zero-order chi connectivity index (χ0) is 14.0. The van der Waals surface area contributed by atoms with Crippen molar-refractivity contribution in [1.29, 1.82) is 0 Å². The van der Waals surface area contributed by atoms with Crippen LogP contribution in [0.4, 0.5) is 4.39 Å². The third-order valence-corrected chi connectivity index (χ3v) is 3.12. The fourth-order valence-corrected chi connectivity index (χ4v) is 1.78. The molecule has 0 saturated carbocycles. The quantitative estimate of drug-likeness (QED) is 0.919. The summed E-state index contributed by atoms with van der Waals surface area (Å²) in [6, 6.07) is 5.77. The van der Waals surface area contributed by atoms with E-state index in [1.807, 2.05) is 13.8 Å². The maximum Gasteiger partial charge on any atom is 0.339 e. The highest BCUT2D eigenvalue weighted by molar-refractivity contribution is 5.94. The van der Waals surface area contributed by atoms with Crippen molar-refractivity contribution < 1.29 is 14.3 Å². The van der Waals surface area contributed by atoms with Crippen LogP contribution >= 0.6 is 0 Å². The fourth-order valence-electron chi connectivity index (χ4n) is 1.78. The smallest absolute Gasteiger partial charge is 0.339 e. The molecule has 0 amide bonds. The second kappa shape index (κ2) is 5.22. The molecule has 4 nitrogen and oxygen atoms in total. The summed E-state index contributed by atoms with van der Waals surface area (Å²) in [4.78, 5) is 11.3. The van der Waals surface area contributed by atoms with Crippen LogP contribution in [0.5, 0.6) is 0 Å². The molecule has 100 valence electrons. The molecule has 0 aliphatic rings. The van der Waals surface area contributed by atoms with Crippen LogP contribution in [0.3, 0.4) is 0 Å². The van der Waals surface area contributed by atoms with E-state index in [1.165, 1.54) is 30.5 Å². The first-order chi connectivity index (χ1) is 9.02. The maximum atomic E-state index is 12.9. The van der Waals surface area contributed by atoms with Crippen molar-refractivity contribution in [1.82, 2.24) is 9.78 Å². The number of benzene rings is 1. The van der Waals surface area contributed by atoms with E-state index in [0.29, 0.717) is 11.3 Å². The molecule has 1 unspecified atom stereocenters. The van der Waals surface area contributed by atoms with E-state index in [2.05, 4.69) is 5.10 Å². The molecule has 1 aromatic heterocycles. The third kappa shape index (κ3) is 2.65. The second-order valence-electron chi connectivity index (χ2n) is 4.44. The van der Waals surface area contributed by atoms with Crippen LogP contribution in [0.25, 0.3) is 11.3 Å². The van der Waals surface area contributed by atoms with Gasteiger partial charge in [0.05, 0.1) is 0 Å². The van der Waals surface area contributed by atoms with Gasteiger partial charge in [-0.3, -0.25) is 4.68 Å². The number of hydrogen-bond acceptors (Lipinski definition) is 2. The summed E-state index contributed by atoms with van der Waals surface area (Å²) in [7, 11) is 0. The van der Waals surface area contributed by atoms with Crippen LogP contribution in [0.1, 0.15) is 36.7 Å². The van der Waals surface area contributed by atoms with Crippen LogP contribution in [0.15, 0.2) is 30.5 Å². The summed E-state index contributed by atoms with van der Waals surface area (Å²) in [5.41, 5.74) is 1.10. The molecular formula is C14H15FN2O2. The molecule has 0 spiro atoms. The minimum Gasteiger partial charge on any atom is -0.478 e. The number of carbonyl (C=O) groups is 1. The average Bonchev–Trinajstić information content (AvgIpc) is 2.84. The third-order valence-electron chi connectivity index (χ3n) is 3.12. The highest BCUT2D eigenvalue weighted by Gasteiger charge is 2.18. The topological polar surface area (TPSA) is 55.1 Å². The molecule has 0 aliphatic carbocycles. The molecule has 0 saturated heterocycles. The van der Waals surface area contributed by atoms with Gasteiger partial charge in [0.15, 0.2) is 0 Å². The summed E-state index contributed by atoms with van der Waals surface area (Å²) in [6.07, 6.45) is 2.37. The zero-order valence-electron chi connectivity index (χ0n) is 10.8. The lowest BCUT2D eigenvalue weighted by Crippen LogP contribution is -2.04. The van der Waals surface area contributed by atoms with Gasteiger partial charge in [-0.25, -0.2) is 9.18 Å². The van der Waals surface area contributed by atoms with E-state index in [9.17, 15) is 14.3 Å². The van der Waals surface area contributed by atoms with Gasteiger partial charge in [-0.05, 0) is 37.6 Å². The summed E-state index contributed by atoms with van der Waals surface area (Å²) < 4.78 is 14.5. The number of aromatic carboxylic acids is 1. The van der Waals surface area contributed by atoms with Crippen molar-refractivity contribution in [3.05, 3.63) is 41.8 Å². The second-order valence-corrected chi connectivity index (χ2v) is 4.44. The number of halogens is 1. The summed E-state index contributed by atoms with van der Waals surface area (Å²) in [5.74, 6) is -1.39. The minimum atomic E-state index is -1.03. The van der Waals surface area contributed by atoms with Crippen molar-refractivity contribution in [2.75, 3.05) is 0 Å². The molecule has 0 fully saturated rings. The lowest BCUT2D eigenvalue weighted by molar-refractivity contribution is 0.0697. The molecule has 19 heavy (non-hydrogen) atoms. The van der Waals surface area contributed by atoms with Gasteiger partial charge >= 0.3 is 5.97 Å². The van der Waals surface area contributed by atoms with Crippen LogP contribution in [-0.2, 0) is 0 Å². The van der Waals surface area contributed by atoms with E-state index in [4.69, 9.17) is 0 Å². The normalized spacial score (nSPS) is 12.4. The SMILES string of the molecule is CCC(C)n1cc(C(=O)O)c(-c2ccc(F)cc2)n1. The van der Waals surface area contributed by atoms with Crippen LogP contribution < -0.4 is 0 Å². The lowest BCUT2D eigenvalue weighted by Gasteiger charge is -2.07. The first-order valence-corrected chi connectivity index (χ1v) is 6.11. The monoisotopic (exact) mass is 262 g/mol. The highest BCUT2D eigenvalue weighted by atomic mass is 19.1. The zero-order valence-corrected chi connectivity index (χ0v) is 10.8. The summed E-state index contributed by atoms with van der Waals surface area (Å²) in [5, 5.41) is 13.5. The Labute approximate surface area is 110 Å². The predicted octanol–water partition coefficient (Wildman–Crippen LogP) is 3.36. The van der Waals surface area contributed by atoms with Crippen LogP contribution in [-0.4, -0.2) is 20.9 Å². The Morgan fingerprint density at radius 2 is 2.05 bits per heavy atom. The van der Waals surface area contributed by atoms with Crippen LogP contribution in [0, 0.1) is 5.82 Å². The largest absolute Gasteiger partial charge is 0.478 e. The molecule has 0 radical (unpaired) electrons. The van der Waals surface area contributed by atoms with Gasteiger partial charge in [-0.1, -0.05) is 6.92 Å². The Kier molecular flexibility index (Phi) is 3.64. The van der Waals surface area contributed by atoms with Gasteiger partial charge in [0.1, 0.15) is 17.1 Å². The molecule has 0 aliphatic heterocycles. The van der Waals surface area contributed by atoms with Gasteiger partial charge in [-0.15, -0.1) is 0 Å². The fraction of sp³-hybridized carbons (Fsp3) is 0.286. The first kappa shape index (κ1) is 13.3. The van der Waals surface area contributed by atoms with E-state index in [0.717, 1.165) is 6.42 Å². The standard InChI is InChI=1S/C14H15FN2O2/c1-3-9(2)17-8-12(14(18)19)13(16-17)10-4-6-11(15)7-5-10/h4-9H,3H2,1-2H3,(H,18,19). The molecule has 1 atom stereocenters. The number of rotatable bonds is 4. The van der Waals surface area contributed by atoms with E-state index < -0.39 is 5.97 Å². The Bertz CT molecular complexity index is 590. The first-order valence-electron chi connectivity index (χ1n) is 6.11. The number of nitrogens with zero attached hydrogens (tertiary/aromatic N) is 2. The van der Waals surface area contributed by atoms with Gasteiger partial charge < -0.3 is 5.11 Å². The van der Waals surface area contributed by atoms with Crippen molar-refractivity contribution in [3.63, 3.8) is 0 Å². The van der Waals surface area contributed by atoms with Crippen molar-refractivity contribution in [2.45, 2.75) is 26.3 Å². The number of aromatic nitrogens is 2. The molecule has 0 bridgehead atoms. The Hall–Kier alpha value is -2.17. The Morgan fingerprint density at radius 3 is 2.58 bits per heavy atom. The Morgan fingerprint density at radius 1 is 1.42 bits per heavy atom. The molecule has 2 rings (SSSR count).